The molecule has 70 valence electrons. The van der Waals surface area contributed by atoms with E-state index in [1.807, 2.05) is 6.92 Å². The maximum Gasteiger partial charge on any atom is 0.307 e. The lowest BCUT2D eigenvalue weighted by Crippen LogP contribution is -2.03. The molecule has 0 unspecified atom stereocenters. The van der Waals surface area contributed by atoms with Crippen LogP contribution in [0.4, 0.5) is 4.39 Å². The van der Waals surface area contributed by atoms with E-state index in [4.69, 9.17) is 5.11 Å². The Hall–Kier alpha value is -1.38. The third-order valence-electron chi connectivity index (χ3n) is 1.89. The fourth-order valence-electron chi connectivity index (χ4n) is 1.27. The minimum atomic E-state index is -0.930. The number of carboxylic acids is 1. The first-order chi connectivity index (χ1) is 6.13. The molecule has 1 aromatic rings. The van der Waals surface area contributed by atoms with Crippen LogP contribution >= 0.6 is 0 Å². The van der Waals surface area contributed by atoms with Crippen LogP contribution in [0.25, 0.3) is 0 Å². The van der Waals surface area contributed by atoms with Gasteiger partial charge in [0.2, 0.25) is 0 Å². The van der Waals surface area contributed by atoms with Crippen molar-refractivity contribution in [3.63, 3.8) is 0 Å². The Morgan fingerprint density at radius 1 is 1.46 bits per heavy atom. The maximum atomic E-state index is 12.7. The monoisotopic (exact) mass is 182 g/mol. The van der Waals surface area contributed by atoms with E-state index >= 15 is 0 Å². The van der Waals surface area contributed by atoms with Gasteiger partial charge in [0.25, 0.3) is 0 Å². The Morgan fingerprint density at radius 2 is 2.15 bits per heavy atom. The van der Waals surface area contributed by atoms with Crippen molar-refractivity contribution in [1.29, 1.82) is 0 Å². The molecule has 0 spiro atoms. The molecule has 0 atom stereocenters. The topological polar surface area (TPSA) is 37.3 Å². The molecule has 0 saturated carbocycles. The Balaban J connectivity index is 3.01. The molecule has 0 heterocycles. The van der Waals surface area contributed by atoms with Crippen LogP contribution in [0, 0.1) is 5.82 Å². The summed E-state index contributed by atoms with van der Waals surface area (Å²) in [4.78, 5) is 10.4. The van der Waals surface area contributed by atoms with Gasteiger partial charge < -0.3 is 5.11 Å². The average molecular weight is 182 g/mol. The van der Waals surface area contributed by atoms with Crippen molar-refractivity contribution >= 4 is 5.97 Å². The number of benzene rings is 1. The third-order valence-corrected chi connectivity index (χ3v) is 1.89. The Kier molecular flexibility index (Phi) is 3.01. The fourth-order valence-corrected chi connectivity index (χ4v) is 1.27. The van der Waals surface area contributed by atoms with Crippen molar-refractivity contribution in [3.05, 3.63) is 35.1 Å². The molecule has 0 saturated heterocycles. The molecular weight excluding hydrogens is 171 g/mol. The summed E-state index contributed by atoms with van der Waals surface area (Å²) in [6, 6.07) is 4.27. The first kappa shape index (κ1) is 9.71. The summed E-state index contributed by atoms with van der Waals surface area (Å²) in [6.45, 7) is 1.92. The smallest absolute Gasteiger partial charge is 0.307 e. The second-order valence-electron chi connectivity index (χ2n) is 2.84. The van der Waals surface area contributed by atoms with Crippen LogP contribution < -0.4 is 0 Å². The zero-order valence-electron chi connectivity index (χ0n) is 7.38. The van der Waals surface area contributed by atoms with Gasteiger partial charge in [-0.2, -0.15) is 0 Å². The number of hydrogen-bond acceptors (Lipinski definition) is 1. The summed E-state index contributed by atoms with van der Waals surface area (Å²) in [5.74, 6) is -1.31. The number of rotatable bonds is 3. The van der Waals surface area contributed by atoms with Crippen LogP contribution in [0.15, 0.2) is 18.2 Å². The van der Waals surface area contributed by atoms with Crippen molar-refractivity contribution < 1.29 is 14.3 Å². The van der Waals surface area contributed by atoms with E-state index < -0.39 is 5.97 Å². The standard InChI is InChI=1S/C10H11FO2/c1-2-7-3-4-9(11)5-8(7)6-10(12)13/h3-5H,2,6H2,1H3,(H,12,13). The number of carbonyl (C=O) groups is 1. The number of hydrogen-bond donors (Lipinski definition) is 1. The number of halogens is 1. The van der Waals surface area contributed by atoms with E-state index in [1.165, 1.54) is 12.1 Å². The Morgan fingerprint density at radius 3 is 2.69 bits per heavy atom. The number of carboxylic acid groups (broad SMARTS) is 1. The zero-order valence-corrected chi connectivity index (χ0v) is 7.38. The highest BCUT2D eigenvalue weighted by atomic mass is 19.1. The van der Waals surface area contributed by atoms with E-state index in [1.54, 1.807) is 6.07 Å². The molecule has 0 aliphatic carbocycles. The van der Waals surface area contributed by atoms with E-state index in [-0.39, 0.29) is 12.2 Å². The van der Waals surface area contributed by atoms with Crippen molar-refractivity contribution in [2.45, 2.75) is 19.8 Å². The van der Waals surface area contributed by atoms with Crippen molar-refractivity contribution in [3.8, 4) is 0 Å². The molecular formula is C10H11FO2. The molecule has 3 heteroatoms. The van der Waals surface area contributed by atoms with Crippen LogP contribution in [0.1, 0.15) is 18.1 Å². The first-order valence-electron chi connectivity index (χ1n) is 4.12. The fraction of sp³-hybridized carbons (Fsp3) is 0.300. The van der Waals surface area contributed by atoms with Gasteiger partial charge in [-0.3, -0.25) is 4.79 Å². The van der Waals surface area contributed by atoms with Crippen LogP contribution in [0.5, 0.6) is 0 Å². The zero-order chi connectivity index (χ0) is 9.84. The van der Waals surface area contributed by atoms with E-state index in [0.29, 0.717) is 5.56 Å². The van der Waals surface area contributed by atoms with E-state index in [2.05, 4.69) is 0 Å². The van der Waals surface area contributed by atoms with E-state index in [0.717, 1.165) is 12.0 Å². The molecule has 2 nitrogen and oxygen atoms in total. The van der Waals surface area contributed by atoms with Gasteiger partial charge in [0.15, 0.2) is 0 Å². The molecule has 0 amide bonds. The lowest BCUT2D eigenvalue weighted by molar-refractivity contribution is -0.136. The highest BCUT2D eigenvalue weighted by Crippen LogP contribution is 2.12. The molecule has 13 heavy (non-hydrogen) atoms. The number of aliphatic carboxylic acids is 1. The predicted molar refractivity (Wildman–Crippen MR) is 47.1 cm³/mol. The minimum absolute atomic E-state index is 0.110. The largest absolute Gasteiger partial charge is 0.481 e. The SMILES string of the molecule is CCc1ccc(F)cc1CC(=O)O. The van der Waals surface area contributed by atoms with Gasteiger partial charge in [-0.15, -0.1) is 0 Å². The predicted octanol–water partition coefficient (Wildman–Crippen LogP) is 2.02. The highest BCUT2D eigenvalue weighted by Gasteiger charge is 2.06. The summed E-state index contributed by atoms with van der Waals surface area (Å²) in [5.41, 5.74) is 1.46. The first-order valence-corrected chi connectivity index (χ1v) is 4.12. The van der Waals surface area contributed by atoms with Crippen molar-refractivity contribution in [1.82, 2.24) is 0 Å². The molecule has 1 rings (SSSR count). The molecule has 0 aromatic heterocycles. The van der Waals surface area contributed by atoms with Gasteiger partial charge in [0, 0.05) is 0 Å². The van der Waals surface area contributed by atoms with Gasteiger partial charge in [-0.25, -0.2) is 4.39 Å². The minimum Gasteiger partial charge on any atom is -0.481 e. The van der Waals surface area contributed by atoms with Gasteiger partial charge >= 0.3 is 5.97 Å². The molecule has 1 N–H and O–H groups in total. The molecule has 1 aromatic carbocycles. The summed E-state index contributed by atoms with van der Waals surface area (Å²) in [5, 5.41) is 8.56. The molecule has 0 radical (unpaired) electrons. The molecule has 0 aliphatic rings. The summed E-state index contributed by atoms with van der Waals surface area (Å²) in [6.07, 6.45) is 0.615. The lowest BCUT2D eigenvalue weighted by Gasteiger charge is -2.04. The molecule has 0 bridgehead atoms. The Labute approximate surface area is 76.0 Å². The third kappa shape index (κ3) is 2.54. The van der Waals surface area contributed by atoms with Crippen LogP contribution in [-0.4, -0.2) is 11.1 Å². The maximum absolute atomic E-state index is 12.7. The average Bonchev–Trinajstić information content (AvgIpc) is 2.03. The van der Waals surface area contributed by atoms with Crippen LogP contribution in [0.2, 0.25) is 0 Å². The molecule has 0 aliphatic heterocycles. The quantitative estimate of drug-likeness (QED) is 0.776. The van der Waals surface area contributed by atoms with Crippen molar-refractivity contribution in [2.75, 3.05) is 0 Å². The number of aryl methyl sites for hydroxylation is 1. The van der Waals surface area contributed by atoms with Gasteiger partial charge in [-0.05, 0) is 29.7 Å². The summed E-state index contributed by atoms with van der Waals surface area (Å²) >= 11 is 0. The van der Waals surface area contributed by atoms with Crippen LogP contribution in [-0.2, 0) is 17.6 Å². The second-order valence-corrected chi connectivity index (χ2v) is 2.84. The lowest BCUT2D eigenvalue weighted by atomic mass is 10.0. The second kappa shape index (κ2) is 4.03. The summed E-state index contributed by atoms with van der Waals surface area (Å²) in [7, 11) is 0. The van der Waals surface area contributed by atoms with Crippen LogP contribution in [0.3, 0.4) is 0 Å². The van der Waals surface area contributed by atoms with Gasteiger partial charge in [0.1, 0.15) is 5.82 Å². The van der Waals surface area contributed by atoms with Gasteiger partial charge in [0.05, 0.1) is 6.42 Å². The normalized spacial score (nSPS) is 10.0. The Bertz CT molecular complexity index is 321. The molecule has 0 fully saturated rings. The van der Waals surface area contributed by atoms with Gasteiger partial charge in [-0.1, -0.05) is 13.0 Å². The summed E-state index contributed by atoms with van der Waals surface area (Å²) < 4.78 is 12.7. The van der Waals surface area contributed by atoms with E-state index in [9.17, 15) is 9.18 Å². The van der Waals surface area contributed by atoms with Crippen molar-refractivity contribution in [2.24, 2.45) is 0 Å². The highest BCUT2D eigenvalue weighted by molar-refractivity contribution is 5.70.